The van der Waals surface area contributed by atoms with Crippen molar-refractivity contribution in [1.29, 1.82) is 0 Å². The van der Waals surface area contributed by atoms with Gasteiger partial charge in [-0.2, -0.15) is 0 Å². The molecule has 3 aromatic carbocycles. The fraction of sp³-hybridized carbons (Fsp3) is 0.308. The molecule has 0 saturated heterocycles. The van der Waals surface area contributed by atoms with E-state index in [9.17, 15) is 9.59 Å². The number of carbonyl (C=O) groups excluding carboxylic acids is 2. The third-order valence-corrected chi connectivity index (χ3v) is 5.76. The number of fused-ring (bicyclic) bond motifs is 1. The molecule has 1 saturated carbocycles. The van der Waals surface area contributed by atoms with E-state index in [2.05, 4.69) is 6.92 Å². The first kappa shape index (κ1) is 20.1. The minimum atomic E-state index is -0.437. The van der Waals surface area contributed by atoms with E-state index >= 15 is 0 Å². The number of esters is 2. The van der Waals surface area contributed by atoms with Crippen molar-refractivity contribution in [1.82, 2.24) is 0 Å². The smallest absolute Gasteiger partial charge is 0.343 e. The Kier molecular flexibility index (Phi) is 5.84. The van der Waals surface area contributed by atoms with Gasteiger partial charge in [-0.05, 0) is 55.3 Å². The largest absolute Gasteiger partial charge is 0.426 e. The number of hydrogen-bond acceptors (Lipinski definition) is 4. The maximum absolute atomic E-state index is 12.8. The van der Waals surface area contributed by atoms with E-state index in [4.69, 9.17) is 9.47 Å². The first-order valence-corrected chi connectivity index (χ1v) is 10.5. The molecule has 0 heterocycles. The molecular formula is C26H26O4. The minimum Gasteiger partial charge on any atom is -0.426 e. The molecule has 0 N–H and O–H groups in total. The van der Waals surface area contributed by atoms with E-state index in [1.807, 2.05) is 43.3 Å². The van der Waals surface area contributed by atoms with Gasteiger partial charge >= 0.3 is 11.9 Å². The molecule has 2 unspecified atom stereocenters. The van der Waals surface area contributed by atoms with Gasteiger partial charge in [-0.25, -0.2) is 4.79 Å². The molecule has 0 aromatic heterocycles. The molecule has 1 fully saturated rings. The molecule has 1 aliphatic rings. The molecule has 1 aliphatic carbocycles. The lowest BCUT2D eigenvalue weighted by Crippen LogP contribution is -2.25. The van der Waals surface area contributed by atoms with Gasteiger partial charge in [0.25, 0.3) is 0 Å². The molecule has 0 bridgehead atoms. The molecule has 30 heavy (non-hydrogen) atoms. The Morgan fingerprint density at radius 2 is 1.60 bits per heavy atom. The van der Waals surface area contributed by atoms with Crippen LogP contribution in [0, 0.1) is 18.8 Å². The molecule has 0 spiro atoms. The Bertz CT molecular complexity index is 1080. The number of aryl methyl sites for hydroxylation is 1. The highest BCUT2D eigenvalue weighted by atomic mass is 16.5. The summed E-state index contributed by atoms with van der Waals surface area (Å²) in [4.78, 5) is 25.5. The molecule has 4 rings (SSSR count). The normalized spacial score (nSPS) is 18.7. The fourth-order valence-corrected chi connectivity index (χ4v) is 4.21. The van der Waals surface area contributed by atoms with Crippen LogP contribution < -0.4 is 9.47 Å². The first-order valence-electron chi connectivity index (χ1n) is 10.5. The maximum Gasteiger partial charge on any atom is 0.343 e. The second kappa shape index (κ2) is 8.70. The Labute approximate surface area is 176 Å². The van der Waals surface area contributed by atoms with E-state index in [-0.39, 0.29) is 11.9 Å². The van der Waals surface area contributed by atoms with Crippen molar-refractivity contribution in [2.45, 2.75) is 39.5 Å². The van der Waals surface area contributed by atoms with Crippen molar-refractivity contribution in [3.8, 4) is 11.5 Å². The quantitative estimate of drug-likeness (QED) is 0.391. The van der Waals surface area contributed by atoms with E-state index in [0.717, 1.165) is 36.6 Å². The molecule has 3 aromatic rings. The predicted molar refractivity (Wildman–Crippen MR) is 117 cm³/mol. The molecule has 0 amide bonds. The van der Waals surface area contributed by atoms with Gasteiger partial charge in [0.15, 0.2) is 0 Å². The zero-order valence-electron chi connectivity index (χ0n) is 17.4. The lowest BCUT2D eigenvalue weighted by molar-refractivity contribution is -0.140. The summed E-state index contributed by atoms with van der Waals surface area (Å²) in [6, 6.07) is 18.3. The van der Waals surface area contributed by atoms with Gasteiger partial charge in [0.05, 0.1) is 16.9 Å². The van der Waals surface area contributed by atoms with Crippen LogP contribution in [0.25, 0.3) is 10.8 Å². The zero-order chi connectivity index (χ0) is 21.1. The molecule has 0 aliphatic heterocycles. The van der Waals surface area contributed by atoms with Crippen LogP contribution in [0.1, 0.15) is 48.5 Å². The Hall–Kier alpha value is -3.14. The second-order valence-electron chi connectivity index (χ2n) is 8.26. The van der Waals surface area contributed by atoms with Crippen LogP contribution in [0.15, 0.2) is 60.7 Å². The van der Waals surface area contributed by atoms with Crippen molar-refractivity contribution in [3.63, 3.8) is 0 Å². The Morgan fingerprint density at radius 1 is 0.900 bits per heavy atom. The molecule has 154 valence electrons. The highest BCUT2D eigenvalue weighted by molar-refractivity contribution is 5.99. The number of rotatable bonds is 4. The topological polar surface area (TPSA) is 52.6 Å². The van der Waals surface area contributed by atoms with Crippen molar-refractivity contribution in [2.75, 3.05) is 0 Å². The van der Waals surface area contributed by atoms with Gasteiger partial charge in [0.2, 0.25) is 0 Å². The van der Waals surface area contributed by atoms with Crippen molar-refractivity contribution in [3.05, 3.63) is 71.8 Å². The summed E-state index contributed by atoms with van der Waals surface area (Å²) in [5.74, 6) is 0.644. The third kappa shape index (κ3) is 4.38. The van der Waals surface area contributed by atoms with Crippen LogP contribution in [-0.4, -0.2) is 11.9 Å². The number of benzene rings is 3. The first-order chi connectivity index (χ1) is 14.5. The van der Waals surface area contributed by atoms with Gasteiger partial charge in [-0.15, -0.1) is 0 Å². The lowest BCUT2D eigenvalue weighted by Gasteiger charge is -2.25. The summed E-state index contributed by atoms with van der Waals surface area (Å²) >= 11 is 0. The Balaban J connectivity index is 1.63. The summed E-state index contributed by atoms with van der Waals surface area (Å²) < 4.78 is 11.6. The van der Waals surface area contributed by atoms with Gasteiger partial charge in [-0.3, -0.25) is 4.79 Å². The van der Waals surface area contributed by atoms with Gasteiger partial charge in [0.1, 0.15) is 11.5 Å². The lowest BCUT2D eigenvalue weighted by atomic mass is 9.82. The second-order valence-corrected chi connectivity index (χ2v) is 8.26. The molecule has 0 radical (unpaired) electrons. The van der Waals surface area contributed by atoms with E-state index in [1.54, 1.807) is 24.3 Å². The van der Waals surface area contributed by atoms with Crippen molar-refractivity contribution >= 4 is 22.7 Å². The van der Waals surface area contributed by atoms with E-state index in [0.29, 0.717) is 28.4 Å². The molecule has 2 atom stereocenters. The highest BCUT2D eigenvalue weighted by Gasteiger charge is 2.27. The minimum absolute atomic E-state index is 0.0778. The number of hydrogen-bond donors (Lipinski definition) is 0. The monoisotopic (exact) mass is 402 g/mol. The van der Waals surface area contributed by atoms with Crippen LogP contribution in [0.5, 0.6) is 11.5 Å². The average molecular weight is 402 g/mol. The molecule has 4 nitrogen and oxygen atoms in total. The maximum atomic E-state index is 12.8. The van der Waals surface area contributed by atoms with Crippen molar-refractivity contribution in [2.24, 2.45) is 11.8 Å². The average Bonchev–Trinajstić information content (AvgIpc) is 2.74. The van der Waals surface area contributed by atoms with Crippen LogP contribution in [0.2, 0.25) is 0 Å². The van der Waals surface area contributed by atoms with E-state index in [1.165, 1.54) is 0 Å². The summed E-state index contributed by atoms with van der Waals surface area (Å²) in [5, 5.41) is 1.49. The summed E-state index contributed by atoms with van der Waals surface area (Å²) in [6.45, 7) is 4.11. The number of ether oxygens (including phenoxy) is 2. The third-order valence-electron chi connectivity index (χ3n) is 5.76. The van der Waals surface area contributed by atoms with E-state index < -0.39 is 5.97 Å². The number of carbonyl (C=O) groups is 2. The van der Waals surface area contributed by atoms with Crippen molar-refractivity contribution < 1.29 is 19.1 Å². The highest BCUT2D eigenvalue weighted by Crippen LogP contribution is 2.36. The van der Waals surface area contributed by atoms with Crippen LogP contribution in [0.3, 0.4) is 0 Å². The predicted octanol–water partition coefficient (Wildman–Crippen LogP) is 6.10. The van der Waals surface area contributed by atoms with Gasteiger partial charge in [-0.1, -0.05) is 61.7 Å². The van der Waals surface area contributed by atoms with Crippen LogP contribution in [0.4, 0.5) is 0 Å². The molecular weight excluding hydrogens is 376 g/mol. The Morgan fingerprint density at radius 3 is 2.30 bits per heavy atom. The summed E-state index contributed by atoms with van der Waals surface area (Å²) in [7, 11) is 0. The molecule has 4 heteroatoms. The SMILES string of the molecule is Cc1cccc(C(=O)Oc2cccc3cccc(OC(=O)C4CCCC(C)C4)c23)c1. The summed E-state index contributed by atoms with van der Waals surface area (Å²) in [5.41, 5.74) is 1.47. The van der Waals surface area contributed by atoms with Crippen LogP contribution >= 0.6 is 0 Å². The summed E-state index contributed by atoms with van der Waals surface area (Å²) in [6.07, 6.45) is 3.94. The fourth-order valence-electron chi connectivity index (χ4n) is 4.21. The van der Waals surface area contributed by atoms with Gasteiger partial charge < -0.3 is 9.47 Å². The van der Waals surface area contributed by atoms with Gasteiger partial charge in [0, 0.05) is 0 Å². The standard InChI is InChI=1S/C26H26O4/c1-17-7-3-11-20(15-17)25(27)29-22-13-5-9-19-10-6-14-23(24(19)22)30-26(28)21-12-4-8-18(2)16-21/h3,5-7,9-11,13-15,18,21H,4,8,12,16H2,1-2H3. The zero-order valence-corrected chi connectivity index (χ0v) is 17.4. The van der Waals surface area contributed by atoms with Crippen LogP contribution in [-0.2, 0) is 4.79 Å².